The minimum absolute atomic E-state index is 0.0855. The lowest BCUT2D eigenvalue weighted by Gasteiger charge is -2.36. The first-order valence-corrected chi connectivity index (χ1v) is 7.85. The SMILES string of the molecule is CC1(C)O[C@H]2O[C@H](C=O)[C@H](N3CCc4ccccc4C3)[C@H]2O1. The topological polar surface area (TPSA) is 48.0 Å². The molecule has 0 radical (unpaired) electrons. The first kappa shape index (κ1) is 14.3. The molecule has 5 heteroatoms. The fourth-order valence-electron chi connectivity index (χ4n) is 3.82. The minimum Gasteiger partial charge on any atom is -0.340 e. The average Bonchev–Trinajstić information content (AvgIpc) is 2.97. The van der Waals surface area contributed by atoms with Crippen LogP contribution in [0.2, 0.25) is 0 Å². The number of fused-ring (bicyclic) bond motifs is 2. The molecule has 5 nitrogen and oxygen atoms in total. The summed E-state index contributed by atoms with van der Waals surface area (Å²) >= 11 is 0. The fraction of sp³-hybridized carbons (Fsp3) is 0.588. The molecule has 3 aliphatic rings. The van der Waals surface area contributed by atoms with Gasteiger partial charge in [0.15, 0.2) is 18.4 Å². The lowest BCUT2D eigenvalue weighted by atomic mass is 9.96. The van der Waals surface area contributed by atoms with Crippen LogP contribution in [0.1, 0.15) is 25.0 Å². The molecule has 0 spiro atoms. The highest BCUT2D eigenvalue weighted by Crippen LogP contribution is 2.40. The van der Waals surface area contributed by atoms with Crippen molar-refractivity contribution in [3.63, 3.8) is 0 Å². The van der Waals surface area contributed by atoms with Gasteiger partial charge in [0.05, 0.1) is 6.04 Å². The number of nitrogens with zero attached hydrogens (tertiary/aromatic N) is 1. The summed E-state index contributed by atoms with van der Waals surface area (Å²) in [6, 6.07) is 8.38. The highest BCUT2D eigenvalue weighted by atomic mass is 16.8. The Morgan fingerprint density at radius 3 is 2.77 bits per heavy atom. The van der Waals surface area contributed by atoms with Gasteiger partial charge in [-0.2, -0.15) is 0 Å². The van der Waals surface area contributed by atoms with Crippen molar-refractivity contribution in [3.05, 3.63) is 35.4 Å². The van der Waals surface area contributed by atoms with Crippen molar-refractivity contribution < 1.29 is 19.0 Å². The molecule has 118 valence electrons. The third-order valence-electron chi connectivity index (χ3n) is 4.77. The van der Waals surface area contributed by atoms with Crippen LogP contribution in [0.3, 0.4) is 0 Å². The summed E-state index contributed by atoms with van der Waals surface area (Å²) in [7, 11) is 0. The van der Waals surface area contributed by atoms with Crippen LogP contribution < -0.4 is 0 Å². The molecule has 1 aromatic rings. The Morgan fingerprint density at radius 1 is 1.23 bits per heavy atom. The van der Waals surface area contributed by atoms with Gasteiger partial charge in [-0.1, -0.05) is 24.3 Å². The number of rotatable bonds is 2. The number of carbonyl (C=O) groups excluding carboxylic acids is 1. The summed E-state index contributed by atoms with van der Waals surface area (Å²) in [4.78, 5) is 13.7. The molecule has 0 unspecified atom stereocenters. The first-order chi connectivity index (χ1) is 10.6. The molecule has 1 aromatic carbocycles. The Balaban J connectivity index is 1.59. The standard InChI is InChI=1S/C17H21NO4/c1-17(2)21-15-14(13(10-19)20-16(15)22-17)18-8-7-11-5-3-4-6-12(11)9-18/h3-6,10,13-16H,7-9H2,1-2H3/t13-,14+,15-,16-/m1/s1. The lowest BCUT2D eigenvalue weighted by Crippen LogP contribution is -2.50. The molecule has 0 aromatic heterocycles. The summed E-state index contributed by atoms with van der Waals surface area (Å²) in [6.07, 6.45) is 0.711. The van der Waals surface area contributed by atoms with Gasteiger partial charge in [-0.05, 0) is 31.4 Å². The van der Waals surface area contributed by atoms with E-state index in [2.05, 4.69) is 29.2 Å². The number of hydrogen-bond donors (Lipinski definition) is 0. The predicted octanol–water partition coefficient (Wildman–Crippen LogP) is 1.49. The van der Waals surface area contributed by atoms with Crippen molar-refractivity contribution in [1.82, 2.24) is 4.90 Å². The third-order valence-corrected chi connectivity index (χ3v) is 4.77. The van der Waals surface area contributed by atoms with Crippen LogP contribution in [0.25, 0.3) is 0 Å². The van der Waals surface area contributed by atoms with Gasteiger partial charge in [0.2, 0.25) is 0 Å². The third kappa shape index (κ3) is 2.29. The molecule has 4 atom stereocenters. The quantitative estimate of drug-likeness (QED) is 0.775. The second-order valence-corrected chi connectivity index (χ2v) is 6.69. The van der Waals surface area contributed by atoms with Crippen molar-refractivity contribution in [2.75, 3.05) is 6.54 Å². The first-order valence-electron chi connectivity index (χ1n) is 7.85. The average molecular weight is 303 g/mol. The van der Waals surface area contributed by atoms with Crippen molar-refractivity contribution in [3.8, 4) is 0 Å². The molecule has 3 aliphatic heterocycles. The van der Waals surface area contributed by atoms with Gasteiger partial charge in [-0.3, -0.25) is 4.90 Å². The van der Waals surface area contributed by atoms with Crippen LogP contribution in [-0.4, -0.2) is 48.1 Å². The summed E-state index contributed by atoms with van der Waals surface area (Å²) in [5.74, 6) is -0.658. The van der Waals surface area contributed by atoms with E-state index in [9.17, 15) is 4.79 Å². The zero-order valence-electron chi connectivity index (χ0n) is 12.9. The van der Waals surface area contributed by atoms with Crippen LogP contribution >= 0.6 is 0 Å². The minimum atomic E-state index is -0.658. The predicted molar refractivity (Wildman–Crippen MR) is 79.1 cm³/mol. The zero-order chi connectivity index (χ0) is 15.3. The van der Waals surface area contributed by atoms with Gasteiger partial charge in [-0.15, -0.1) is 0 Å². The lowest BCUT2D eigenvalue weighted by molar-refractivity contribution is -0.209. The monoisotopic (exact) mass is 303 g/mol. The van der Waals surface area contributed by atoms with Crippen molar-refractivity contribution in [1.29, 1.82) is 0 Å². The number of hydrogen-bond acceptors (Lipinski definition) is 5. The van der Waals surface area contributed by atoms with E-state index < -0.39 is 18.2 Å². The molecular formula is C17H21NO4. The van der Waals surface area contributed by atoms with E-state index in [1.807, 2.05) is 13.8 Å². The van der Waals surface area contributed by atoms with Gasteiger partial charge in [0.25, 0.3) is 0 Å². The van der Waals surface area contributed by atoms with E-state index in [4.69, 9.17) is 14.2 Å². The number of ether oxygens (including phenoxy) is 3. The Kier molecular flexibility index (Phi) is 3.34. The molecule has 0 bridgehead atoms. The molecule has 2 fully saturated rings. The Morgan fingerprint density at radius 2 is 2.00 bits per heavy atom. The van der Waals surface area contributed by atoms with Crippen molar-refractivity contribution in [2.24, 2.45) is 0 Å². The summed E-state index contributed by atoms with van der Waals surface area (Å²) in [6.45, 7) is 5.49. The maximum Gasteiger partial charge on any atom is 0.189 e. The normalized spacial score (nSPS) is 36.8. The van der Waals surface area contributed by atoms with E-state index in [-0.39, 0.29) is 12.1 Å². The highest BCUT2D eigenvalue weighted by molar-refractivity contribution is 5.58. The zero-order valence-corrected chi connectivity index (χ0v) is 12.9. The van der Waals surface area contributed by atoms with Crippen LogP contribution in [-0.2, 0) is 32.0 Å². The molecule has 0 amide bonds. The van der Waals surface area contributed by atoms with E-state index >= 15 is 0 Å². The second kappa shape index (κ2) is 5.13. The molecule has 0 aliphatic carbocycles. The number of aldehydes is 1. The molecule has 4 rings (SSSR count). The van der Waals surface area contributed by atoms with Gasteiger partial charge < -0.3 is 19.0 Å². The van der Waals surface area contributed by atoms with Gasteiger partial charge in [0.1, 0.15) is 12.2 Å². The smallest absolute Gasteiger partial charge is 0.189 e. The Bertz CT molecular complexity index is 588. The molecule has 0 saturated carbocycles. The van der Waals surface area contributed by atoms with E-state index in [0.717, 1.165) is 25.8 Å². The maximum absolute atomic E-state index is 11.4. The number of carbonyl (C=O) groups is 1. The van der Waals surface area contributed by atoms with Crippen LogP contribution in [0.5, 0.6) is 0 Å². The second-order valence-electron chi connectivity index (χ2n) is 6.69. The van der Waals surface area contributed by atoms with Gasteiger partial charge in [-0.25, -0.2) is 0 Å². The Hall–Kier alpha value is -1.27. The maximum atomic E-state index is 11.4. The fourth-order valence-corrected chi connectivity index (χ4v) is 3.82. The molecule has 3 heterocycles. The number of benzene rings is 1. The van der Waals surface area contributed by atoms with Crippen LogP contribution in [0.15, 0.2) is 24.3 Å². The van der Waals surface area contributed by atoms with Crippen LogP contribution in [0.4, 0.5) is 0 Å². The van der Waals surface area contributed by atoms with Gasteiger partial charge in [0, 0.05) is 13.1 Å². The van der Waals surface area contributed by atoms with Crippen molar-refractivity contribution >= 4 is 6.29 Å². The van der Waals surface area contributed by atoms with Crippen molar-refractivity contribution in [2.45, 2.75) is 57.1 Å². The molecule has 22 heavy (non-hydrogen) atoms. The largest absolute Gasteiger partial charge is 0.340 e. The van der Waals surface area contributed by atoms with E-state index in [1.165, 1.54) is 11.1 Å². The Labute approximate surface area is 130 Å². The van der Waals surface area contributed by atoms with E-state index in [1.54, 1.807) is 0 Å². The molecule has 2 saturated heterocycles. The highest BCUT2D eigenvalue weighted by Gasteiger charge is 2.56. The molecular weight excluding hydrogens is 282 g/mol. The summed E-state index contributed by atoms with van der Waals surface area (Å²) in [5.41, 5.74) is 2.71. The summed E-state index contributed by atoms with van der Waals surface area (Å²) in [5, 5.41) is 0. The van der Waals surface area contributed by atoms with Crippen LogP contribution in [0, 0.1) is 0 Å². The summed E-state index contributed by atoms with van der Waals surface area (Å²) < 4.78 is 17.5. The molecule has 0 N–H and O–H groups in total. The van der Waals surface area contributed by atoms with E-state index in [0.29, 0.717) is 0 Å². The van der Waals surface area contributed by atoms with Gasteiger partial charge >= 0.3 is 0 Å².